The van der Waals surface area contributed by atoms with Gasteiger partial charge in [-0.15, -0.1) is 0 Å². The predicted octanol–water partition coefficient (Wildman–Crippen LogP) is 3.53. The third-order valence-corrected chi connectivity index (χ3v) is 3.75. The number of anilines is 1. The molecular weight excluding hydrogens is 332 g/mol. The maximum atomic E-state index is 12.3. The van der Waals surface area contributed by atoms with Crippen LogP contribution in [0, 0.1) is 0 Å². The number of methoxy groups -OCH3 is 1. The lowest BCUT2D eigenvalue weighted by molar-refractivity contribution is 0.0940. The third-order valence-electron chi connectivity index (χ3n) is 3.22. The van der Waals surface area contributed by atoms with Crippen molar-refractivity contribution in [2.45, 2.75) is 13.0 Å². The van der Waals surface area contributed by atoms with Crippen LogP contribution in [0.1, 0.15) is 28.9 Å². The Bertz CT molecular complexity index is 641. The zero-order chi connectivity index (χ0) is 15.4. The van der Waals surface area contributed by atoms with E-state index in [1.807, 2.05) is 31.2 Å². The number of ether oxygens (including phenoxy) is 1. The summed E-state index contributed by atoms with van der Waals surface area (Å²) in [5, 5.41) is 2.93. The minimum atomic E-state index is -0.221. The van der Waals surface area contributed by atoms with Gasteiger partial charge in [-0.3, -0.25) is 4.79 Å². The number of nitrogen functional groups attached to an aromatic ring is 1. The van der Waals surface area contributed by atoms with Gasteiger partial charge in [-0.2, -0.15) is 0 Å². The minimum absolute atomic E-state index is 0.115. The van der Waals surface area contributed by atoms with Crippen molar-refractivity contribution in [1.29, 1.82) is 0 Å². The van der Waals surface area contributed by atoms with Crippen molar-refractivity contribution < 1.29 is 9.53 Å². The molecule has 2 aromatic rings. The number of hydrogen-bond acceptors (Lipinski definition) is 3. The Morgan fingerprint density at radius 3 is 2.52 bits per heavy atom. The zero-order valence-corrected chi connectivity index (χ0v) is 13.5. The van der Waals surface area contributed by atoms with Crippen LogP contribution in [0.3, 0.4) is 0 Å². The van der Waals surface area contributed by atoms with Gasteiger partial charge in [0.2, 0.25) is 0 Å². The van der Waals surface area contributed by atoms with Crippen molar-refractivity contribution >= 4 is 27.5 Å². The van der Waals surface area contributed by atoms with E-state index in [2.05, 4.69) is 21.2 Å². The quantitative estimate of drug-likeness (QED) is 0.830. The van der Waals surface area contributed by atoms with Crippen molar-refractivity contribution in [2.75, 3.05) is 12.8 Å². The van der Waals surface area contributed by atoms with Crippen LogP contribution in [0.5, 0.6) is 5.75 Å². The summed E-state index contributed by atoms with van der Waals surface area (Å²) in [5.74, 6) is 0.382. The highest BCUT2D eigenvalue weighted by Gasteiger charge is 2.14. The Hall–Kier alpha value is -2.01. The molecule has 0 aliphatic heterocycles. The molecule has 0 bridgehead atoms. The van der Waals surface area contributed by atoms with E-state index in [9.17, 15) is 4.79 Å². The summed E-state index contributed by atoms with van der Waals surface area (Å²) in [6.07, 6.45) is 0. The normalized spacial score (nSPS) is 11.8. The first-order valence-corrected chi connectivity index (χ1v) is 7.30. The van der Waals surface area contributed by atoms with Crippen molar-refractivity contribution in [2.24, 2.45) is 0 Å². The molecule has 110 valence electrons. The van der Waals surface area contributed by atoms with Crippen LogP contribution in [-0.2, 0) is 0 Å². The lowest BCUT2D eigenvalue weighted by Crippen LogP contribution is -2.27. The van der Waals surface area contributed by atoms with Crippen LogP contribution in [0.15, 0.2) is 46.9 Å². The van der Waals surface area contributed by atoms with E-state index in [4.69, 9.17) is 10.5 Å². The average Bonchev–Trinajstić information content (AvgIpc) is 2.48. The Balaban J connectivity index is 2.15. The van der Waals surface area contributed by atoms with Crippen LogP contribution in [-0.4, -0.2) is 13.0 Å². The second-order valence-electron chi connectivity index (χ2n) is 4.70. The summed E-state index contributed by atoms with van der Waals surface area (Å²) >= 11 is 3.39. The van der Waals surface area contributed by atoms with Gasteiger partial charge < -0.3 is 15.8 Å². The molecule has 21 heavy (non-hydrogen) atoms. The Morgan fingerprint density at radius 1 is 1.24 bits per heavy atom. The molecule has 1 atom stereocenters. The van der Waals surface area contributed by atoms with E-state index in [1.54, 1.807) is 25.3 Å². The molecule has 0 aromatic heterocycles. The summed E-state index contributed by atoms with van der Waals surface area (Å²) in [7, 11) is 1.55. The fourth-order valence-corrected chi connectivity index (χ4v) is 2.23. The van der Waals surface area contributed by atoms with Gasteiger partial charge in [0, 0.05) is 10.2 Å². The first-order valence-electron chi connectivity index (χ1n) is 6.51. The van der Waals surface area contributed by atoms with Crippen LogP contribution >= 0.6 is 15.9 Å². The second-order valence-corrected chi connectivity index (χ2v) is 5.62. The molecule has 5 heteroatoms. The zero-order valence-electron chi connectivity index (χ0n) is 11.9. The maximum Gasteiger partial charge on any atom is 0.253 e. The van der Waals surface area contributed by atoms with E-state index in [0.717, 1.165) is 10.0 Å². The van der Waals surface area contributed by atoms with Crippen molar-refractivity contribution in [1.82, 2.24) is 5.32 Å². The fourth-order valence-electron chi connectivity index (χ4n) is 1.97. The van der Waals surface area contributed by atoms with E-state index in [-0.39, 0.29) is 11.9 Å². The van der Waals surface area contributed by atoms with E-state index in [1.165, 1.54) is 0 Å². The summed E-state index contributed by atoms with van der Waals surface area (Å²) in [5.41, 5.74) is 7.72. The molecule has 2 aromatic carbocycles. The first kappa shape index (κ1) is 15.4. The highest BCUT2D eigenvalue weighted by molar-refractivity contribution is 9.10. The smallest absolute Gasteiger partial charge is 0.253 e. The van der Waals surface area contributed by atoms with Crippen LogP contribution in [0.2, 0.25) is 0 Å². The topological polar surface area (TPSA) is 64.3 Å². The van der Waals surface area contributed by atoms with Gasteiger partial charge in [0.25, 0.3) is 5.91 Å². The molecule has 0 saturated heterocycles. The third kappa shape index (κ3) is 3.76. The predicted molar refractivity (Wildman–Crippen MR) is 87.4 cm³/mol. The van der Waals surface area contributed by atoms with Crippen LogP contribution < -0.4 is 15.8 Å². The number of benzene rings is 2. The first-order chi connectivity index (χ1) is 10.0. The number of rotatable bonds is 4. The summed E-state index contributed by atoms with van der Waals surface area (Å²) in [4.78, 5) is 12.3. The molecule has 2 rings (SSSR count). The van der Waals surface area contributed by atoms with Crippen molar-refractivity contribution in [3.05, 3.63) is 58.1 Å². The molecule has 0 aliphatic rings. The SMILES string of the molecule is COc1ccc(N)c(C(=O)NC(C)c2ccc(Br)cc2)c1. The number of nitrogens with one attached hydrogen (secondary N) is 1. The monoisotopic (exact) mass is 348 g/mol. The molecular formula is C16H17BrN2O2. The lowest BCUT2D eigenvalue weighted by atomic mass is 10.1. The molecule has 0 fully saturated rings. The molecule has 0 saturated carbocycles. The van der Waals surface area contributed by atoms with Gasteiger partial charge in [0.05, 0.1) is 18.7 Å². The number of nitrogens with two attached hydrogens (primary N) is 1. The highest BCUT2D eigenvalue weighted by Crippen LogP contribution is 2.21. The largest absolute Gasteiger partial charge is 0.497 e. The van der Waals surface area contributed by atoms with Gasteiger partial charge in [0.15, 0.2) is 0 Å². The van der Waals surface area contributed by atoms with Crippen molar-refractivity contribution in [3.63, 3.8) is 0 Å². The molecule has 0 radical (unpaired) electrons. The van der Waals surface area contributed by atoms with Gasteiger partial charge in [-0.05, 0) is 42.8 Å². The van der Waals surface area contributed by atoms with Gasteiger partial charge in [-0.1, -0.05) is 28.1 Å². The van der Waals surface area contributed by atoms with Gasteiger partial charge in [0.1, 0.15) is 5.75 Å². The Morgan fingerprint density at radius 2 is 1.90 bits per heavy atom. The Kier molecular flexibility index (Phi) is 4.85. The molecule has 1 amide bonds. The Labute approximate surface area is 132 Å². The number of carbonyl (C=O) groups excluding carboxylic acids is 1. The maximum absolute atomic E-state index is 12.3. The summed E-state index contributed by atoms with van der Waals surface area (Å²) in [6, 6.07) is 12.7. The van der Waals surface area contributed by atoms with E-state index >= 15 is 0 Å². The van der Waals surface area contributed by atoms with Crippen LogP contribution in [0.25, 0.3) is 0 Å². The molecule has 3 N–H and O–H groups in total. The van der Waals surface area contributed by atoms with Crippen LogP contribution in [0.4, 0.5) is 5.69 Å². The summed E-state index contributed by atoms with van der Waals surface area (Å²) < 4.78 is 6.12. The van der Waals surface area contributed by atoms with Gasteiger partial charge in [-0.25, -0.2) is 0 Å². The number of halogens is 1. The second kappa shape index (κ2) is 6.63. The molecule has 0 heterocycles. The molecule has 0 spiro atoms. The molecule has 0 aliphatic carbocycles. The summed E-state index contributed by atoms with van der Waals surface area (Å²) in [6.45, 7) is 1.93. The minimum Gasteiger partial charge on any atom is -0.497 e. The van der Waals surface area contributed by atoms with Crippen molar-refractivity contribution in [3.8, 4) is 5.75 Å². The average molecular weight is 349 g/mol. The van der Waals surface area contributed by atoms with E-state index in [0.29, 0.717) is 17.0 Å². The molecule has 4 nitrogen and oxygen atoms in total. The number of hydrogen-bond donors (Lipinski definition) is 2. The van der Waals surface area contributed by atoms with E-state index < -0.39 is 0 Å². The highest BCUT2D eigenvalue weighted by atomic mass is 79.9. The standard InChI is InChI=1S/C16H17BrN2O2/c1-10(11-3-5-12(17)6-4-11)19-16(20)14-9-13(21-2)7-8-15(14)18/h3-10H,18H2,1-2H3,(H,19,20). The number of amides is 1. The lowest BCUT2D eigenvalue weighted by Gasteiger charge is -2.16. The fraction of sp³-hybridized carbons (Fsp3) is 0.188. The van der Waals surface area contributed by atoms with Gasteiger partial charge >= 0.3 is 0 Å². The molecule has 1 unspecified atom stereocenters. The number of carbonyl (C=O) groups is 1.